The fourth-order valence-electron chi connectivity index (χ4n) is 5.82. The summed E-state index contributed by atoms with van der Waals surface area (Å²) in [6, 6.07) is 28.3. The van der Waals surface area contributed by atoms with Gasteiger partial charge in [0.25, 0.3) is 5.91 Å². The van der Waals surface area contributed by atoms with Crippen LogP contribution in [0.2, 0.25) is 0 Å². The molecule has 2 aromatic heterocycles. The van der Waals surface area contributed by atoms with E-state index in [0.29, 0.717) is 41.6 Å². The molecule has 3 N–H and O–H groups in total. The molecule has 0 spiro atoms. The van der Waals surface area contributed by atoms with Crippen LogP contribution in [0, 0.1) is 0 Å². The van der Waals surface area contributed by atoms with Crippen LogP contribution in [-0.2, 0) is 4.79 Å². The maximum absolute atomic E-state index is 13.9. The maximum atomic E-state index is 13.9. The van der Waals surface area contributed by atoms with Crippen LogP contribution in [0.25, 0.3) is 33.5 Å². The number of ether oxygens (including phenoxy) is 2. The number of aromatic nitrogens is 1. The summed E-state index contributed by atoms with van der Waals surface area (Å²) in [4.78, 5) is 17.6. The number of nitrogens with zero attached hydrogens (tertiary/aromatic N) is 2. The molecule has 1 atom stereocenters. The van der Waals surface area contributed by atoms with Crippen molar-refractivity contribution < 1.29 is 28.0 Å². The number of rotatable bonds is 19. The molecule has 0 unspecified atom stereocenters. The predicted octanol–water partition coefficient (Wildman–Crippen LogP) is 7.90. The number of carbonyl (C=O) groups excluding carboxylic acids is 1. The molecule has 1 amide bonds. The average molecular weight is 735 g/mol. The van der Waals surface area contributed by atoms with Gasteiger partial charge in [0.1, 0.15) is 24.2 Å². The number of allylic oxidation sites excluding steroid dienone is 3. The number of fused-ring (bicyclic) bond motifs is 1. The molecule has 6 rings (SSSR count). The highest BCUT2D eigenvalue weighted by Crippen LogP contribution is 2.30. The number of halogens is 2. The maximum Gasteiger partial charge on any atom is 0.678 e. The van der Waals surface area contributed by atoms with Crippen molar-refractivity contribution >= 4 is 53.3 Å². The molecule has 0 aliphatic carbocycles. The summed E-state index contributed by atoms with van der Waals surface area (Å²) in [6.07, 6.45) is 11.1. The Morgan fingerprint density at radius 3 is 2.57 bits per heavy atom. The molecule has 3 heterocycles. The van der Waals surface area contributed by atoms with Gasteiger partial charge in [0, 0.05) is 29.0 Å². The fourth-order valence-corrected chi connectivity index (χ4v) is 6.56. The van der Waals surface area contributed by atoms with E-state index in [2.05, 4.69) is 15.6 Å². The number of benzene rings is 3. The lowest BCUT2D eigenvalue weighted by molar-refractivity contribution is -0.123. The highest BCUT2D eigenvalue weighted by molar-refractivity contribution is 7.13. The molecular weight excluding hydrogens is 693 g/mol. The second-order valence-electron chi connectivity index (χ2n) is 12.5. The van der Waals surface area contributed by atoms with E-state index in [9.17, 15) is 18.5 Å². The van der Waals surface area contributed by atoms with Crippen LogP contribution >= 0.6 is 11.3 Å². The van der Waals surface area contributed by atoms with E-state index >= 15 is 0 Å². The molecule has 0 radical (unpaired) electrons. The van der Waals surface area contributed by atoms with Crippen molar-refractivity contribution in [3.63, 3.8) is 0 Å². The molecular formula is C41H41BF2N4O4S. The lowest BCUT2D eigenvalue weighted by Crippen LogP contribution is -2.32. The van der Waals surface area contributed by atoms with Gasteiger partial charge < -0.3 is 29.7 Å². The number of aliphatic hydroxyl groups is 1. The third kappa shape index (κ3) is 10.9. The summed E-state index contributed by atoms with van der Waals surface area (Å²) in [7, 11) is -2.67. The van der Waals surface area contributed by atoms with Gasteiger partial charge >= 0.3 is 7.40 Å². The van der Waals surface area contributed by atoms with E-state index in [4.69, 9.17) is 9.47 Å². The van der Waals surface area contributed by atoms with Crippen molar-refractivity contribution in [3.05, 3.63) is 132 Å². The number of unbranched alkanes of at least 4 members (excludes halogenated alkanes) is 2. The summed E-state index contributed by atoms with van der Waals surface area (Å²) < 4.78 is 40.4. The first-order valence-electron chi connectivity index (χ1n) is 17.6. The molecule has 3 aromatic carbocycles. The zero-order valence-electron chi connectivity index (χ0n) is 29.2. The Bertz CT molecular complexity index is 2070. The van der Waals surface area contributed by atoms with Gasteiger partial charge in [0.15, 0.2) is 6.61 Å². The van der Waals surface area contributed by atoms with Crippen LogP contribution in [0.5, 0.6) is 11.5 Å². The monoisotopic (exact) mass is 734 g/mol. The lowest BCUT2D eigenvalue weighted by atomic mass is 10.1. The van der Waals surface area contributed by atoms with Crippen molar-refractivity contribution in [1.82, 2.24) is 15.1 Å². The van der Waals surface area contributed by atoms with Crippen molar-refractivity contribution in [1.29, 1.82) is 0 Å². The number of aliphatic imine (C=N–C) groups is 1. The molecule has 272 valence electrons. The number of carbonyl (C=O) groups is 1. The smallest absolute Gasteiger partial charge is 0.490 e. The second kappa shape index (κ2) is 19.0. The third-order valence-corrected chi connectivity index (χ3v) is 9.40. The standard InChI is InChI=1S/C41H41BF2N4O4S/c43-42(44)48-34(19-22-38(48)40-12-7-25-53-40)26-33-18-17-32(47-33)16-13-30-14-20-36(21-15-30)51-29-41(50)46-24-5-1-4-23-45-27-35(49)28-52-39-11-6-9-31-8-2-3-10-37(31)39/h2-3,6-22,25-26,35,45,49H,1,4-5,23-24,27-29H2,(H,46,50)/b16-13+,33-26-/t35-/m0/s1. The zero-order valence-corrected chi connectivity index (χ0v) is 30.0. The Labute approximate surface area is 312 Å². The summed E-state index contributed by atoms with van der Waals surface area (Å²) in [5.41, 5.74) is 3.08. The quantitative estimate of drug-likeness (QED) is 0.0593. The van der Waals surface area contributed by atoms with E-state index in [0.717, 1.165) is 57.2 Å². The average Bonchev–Trinajstić information content (AvgIpc) is 3.96. The van der Waals surface area contributed by atoms with Gasteiger partial charge in [0.05, 0.1) is 17.1 Å². The highest BCUT2D eigenvalue weighted by atomic mass is 32.1. The minimum Gasteiger partial charge on any atom is -0.490 e. The van der Waals surface area contributed by atoms with Crippen LogP contribution in [0.4, 0.5) is 8.63 Å². The molecule has 0 bridgehead atoms. The van der Waals surface area contributed by atoms with Gasteiger partial charge in [-0.05, 0) is 96.4 Å². The highest BCUT2D eigenvalue weighted by Gasteiger charge is 2.24. The Morgan fingerprint density at radius 1 is 0.906 bits per heavy atom. The molecule has 0 saturated heterocycles. The number of hydrogen-bond acceptors (Lipinski definition) is 7. The topological polar surface area (TPSA) is 97.1 Å². The molecule has 12 heteroatoms. The van der Waals surface area contributed by atoms with Crippen LogP contribution in [-0.4, -0.2) is 67.6 Å². The van der Waals surface area contributed by atoms with E-state index < -0.39 is 13.5 Å². The summed E-state index contributed by atoms with van der Waals surface area (Å²) in [5, 5.41) is 20.5. The summed E-state index contributed by atoms with van der Waals surface area (Å²) in [5.74, 6) is 1.17. The van der Waals surface area contributed by atoms with E-state index in [1.54, 1.807) is 36.4 Å². The molecule has 8 nitrogen and oxygen atoms in total. The molecule has 0 saturated carbocycles. The molecule has 5 aromatic rings. The van der Waals surface area contributed by atoms with Crippen LogP contribution < -0.4 is 20.1 Å². The van der Waals surface area contributed by atoms with Gasteiger partial charge in [-0.15, -0.1) is 11.3 Å². The minimum atomic E-state index is -2.67. The number of aliphatic hydroxyl groups excluding tert-OH is 1. The molecule has 0 fully saturated rings. The number of hydrogen-bond donors (Lipinski definition) is 3. The van der Waals surface area contributed by atoms with Gasteiger partial charge in [0.2, 0.25) is 0 Å². The van der Waals surface area contributed by atoms with Gasteiger partial charge in [-0.3, -0.25) is 13.4 Å². The first-order chi connectivity index (χ1) is 25.9. The Hall–Kier alpha value is -5.30. The van der Waals surface area contributed by atoms with Gasteiger partial charge in [-0.2, -0.15) is 0 Å². The van der Waals surface area contributed by atoms with Crippen molar-refractivity contribution in [2.24, 2.45) is 4.99 Å². The van der Waals surface area contributed by atoms with E-state index in [1.807, 2.05) is 90.3 Å². The molecule has 1 aliphatic rings. The Kier molecular flexibility index (Phi) is 13.4. The van der Waals surface area contributed by atoms with Crippen LogP contribution in [0.3, 0.4) is 0 Å². The molecule has 53 heavy (non-hydrogen) atoms. The SMILES string of the molecule is O=C(COc1ccc(/C=C/C2=NC(=C\c3ccc(-c4cccs4)n3B(F)F)/C=C2)cc1)NCCCCCNC[C@H](O)COc1cccc2ccccc12. The first-order valence-corrected chi connectivity index (χ1v) is 18.5. The van der Waals surface area contributed by atoms with Gasteiger partial charge in [-0.25, -0.2) is 4.99 Å². The summed E-state index contributed by atoms with van der Waals surface area (Å²) in [6.45, 7) is 1.93. The predicted molar refractivity (Wildman–Crippen MR) is 212 cm³/mol. The minimum absolute atomic E-state index is 0.0735. The van der Waals surface area contributed by atoms with Crippen molar-refractivity contribution in [2.45, 2.75) is 25.4 Å². The normalized spacial score (nSPS) is 13.9. The van der Waals surface area contributed by atoms with Gasteiger partial charge in [-0.1, -0.05) is 67.1 Å². The van der Waals surface area contributed by atoms with Crippen LogP contribution in [0.15, 0.2) is 125 Å². The molecule has 1 aliphatic heterocycles. The Morgan fingerprint density at radius 2 is 1.74 bits per heavy atom. The number of nitrogens with one attached hydrogen (secondary N) is 2. The fraction of sp³-hybridized carbons (Fsp3) is 0.220. The van der Waals surface area contributed by atoms with Crippen LogP contribution in [0.1, 0.15) is 30.5 Å². The Balaban J connectivity index is 0.833. The summed E-state index contributed by atoms with van der Waals surface area (Å²) >= 11 is 1.42. The first kappa shape index (κ1) is 37.5. The second-order valence-corrected chi connectivity index (χ2v) is 13.4. The largest absolute Gasteiger partial charge is 0.678 e. The third-order valence-electron chi connectivity index (χ3n) is 8.51. The number of thiophene rings is 1. The van der Waals surface area contributed by atoms with E-state index in [-0.39, 0.29) is 19.1 Å². The number of amides is 1. The lowest BCUT2D eigenvalue weighted by Gasteiger charge is -2.14. The zero-order chi connectivity index (χ0) is 36.8. The van der Waals surface area contributed by atoms with Crippen molar-refractivity contribution in [3.8, 4) is 22.1 Å². The van der Waals surface area contributed by atoms with E-state index in [1.165, 1.54) is 11.3 Å². The van der Waals surface area contributed by atoms with Crippen molar-refractivity contribution in [2.75, 3.05) is 32.8 Å².